The predicted octanol–water partition coefficient (Wildman–Crippen LogP) is 2.85. The molecule has 0 fully saturated rings. The number of anilines is 1. The van der Waals surface area contributed by atoms with Crippen LogP contribution in [-0.4, -0.2) is 20.9 Å². The molecule has 5 nitrogen and oxygen atoms in total. The second-order valence-corrected chi connectivity index (χ2v) is 7.40. The maximum Gasteiger partial charge on any atom is 0.239 e. The lowest BCUT2D eigenvalue weighted by Crippen LogP contribution is -2.33. The number of amides is 1. The van der Waals surface area contributed by atoms with E-state index in [9.17, 15) is 17.6 Å². The van der Waals surface area contributed by atoms with Crippen LogP contribution in [0, 0.1) is 12.7 Å². The van der Waals surface area contributed by atoms with E-state index in [1.54, 1.807) is 12.1 Å². The highest BCUT2D eigenvalue weighted by Gasteiger charge is 2.15. The minimum absolute atomic E-state index is 0.132. The number of nitrogens with one attached hydrogen (secondary N) is 2. The second kappa shape index (κ2) is 7.74. The number of carbonyl (C=O) groups excluding carboxylic acids is 1. The molecule has 0 heterocycles. The summed E-state index contributed by atoms with van der Waals surface area (Å²) in [4.78, 5) is 11.8. The molecule has 24 heavy (non-hydrogen) atoms. The number of sulfonamides is 1. The molecule has 128 valence electrons. The van der Waals surface area contributed by atoms with Gasteiger partial charge in [-0.05, 0) is 36.2 Å². The van der Waals surface area contributed by atoms with E-state index >= 15 is 0 Å². The van der Waals surface area contributed by atoms with Gasteiger partial charge in [-0.3, -0.25) is 4.79 Å². The van der Waals surface area contributed by atoms with Crippen LogP contribution in [0.5, 0.6) is 0 Å². The van der Waals surface area contributed by atoms with Crippen molar-refractivity contribution >= 4 is 33.2 Å². The highest BCUT2D eigenvalue weighted by Crippen LogP contribution is 2.19. The zero-order valence-corrected chi connectivity index (χ0v) is 14.4. The third-order valence-corrected chi connectivity index (χ3v) is 4.83. The van der Waals surface area contributed by atoms with Gasteiger partial charge in [0.25, 0.3) is 0 Å². The molecule has 0 bridgehead atoms. The fourth-order valence-electron chi connectivity index (χ4n) is 1.98. The summed E-state index contributed by atoms with van der Waals surface area (Å²) in [5, 5.41) is 2.31. The van der Waals surface area contributed by atoms with Crippen LogP contribution in [0.25, 0.3) is 0 Å². The molecule has 0 unspecified atom stereocenters. The first-order valence-corrected chi connectivity index (χ1v) is 9.06. The molecule has 0 aliphatic carbocycles. The van der Waals surface area contributed by atoms with Crippen molar-refractivity contribution in [2.24, 2.45) is 0 Å². The molecule has 0 saturated carbocycles. The predicted molar refractivity (Wildman–Crippen MR) is 91.8 cm³/mol. The first-order valence-electron chi connectivity index (χ1n) is 7.03. The van der Waals surface area contributed by atoms with Gasteiger partial charge in [-0.2, -0.15) is 0 Å². The summed E-state index contributed by atoms with van der Waals surface area (Å²) in [7, 11) is -3.66. The Kier molecular flexibility index (Phi) is 5.93. The van der Waals surface area contributed by atoms with E-state index in [0.29, 0.717) is 5.56 Å². The van der Waals surface area contributed by atoms with Crippen LogP contribution in [0.4, 0.5) is 10.1 Å². The number of hydrogen-bond donors (Lipinski definition) is 2. The van der Waals surface area contributed by atoms with Crippen LogP contribution in [0.3, 0.4) is 0 Å². The molecule has 2 aromatic carbocycles. The lowest BCUT2D eigenvalue weighted by molar-refractivity contribution is -0.115. The molecule has 8 heteroatoms. The number of benzene rings is 2. The summed E-state index contributed by atoms with van der Waals surface area (Å²) in [6, 6.07) is 10.8. The molecular formula is C16H16ClFN2O3S. The van der Waals surface area contributed by atoms with Gasteiger partial charge in [0.1, 0.15) is 5.82 Å². The summed E-state index contributed by atoms with van der Waals surface area (Å²) in [6.45, 7) is 1.39. The zero-order valence-electron chi connectivity index (χ0n) is 12.8. The summed E-state index contributed by atoms with van der Waals surface area (Å²) in [6.07, 6.45) is 0. The quantitative estimate of drug-likeness (QED) is 0.821. The fraction of sp³-hybridized carbons (Fsp3) is 0.188. The van der Waals surface area contributed by atoms with Gasteiger partial charge in [0.15, 0.2) is 0 Å². The molecular weight excluding hydrogens is 355 g/mol. The minimum Gasteiger partial charge on any atom is -0.325 e. The molecule has 2 N–H and O–H groups in total. The molecule has 0 radical (unpaired) electrons. The third-order valence-electron chi connectivity index (χ3n) is 3.26. The van der Waals surface area contributed by atoms with Gasteiger partial charge in [-0.25, -0.2) is 17.5 Å². The van der Waals surface area contributed by atoms with Crippen molar-refractivity contribution < 1.29 is 17.6 Å². The third kappa shape index (κ3) is 5.30. The lowest BCUT2D eigenvalue weighted by atomic mass is 10.1. The van der Waals surface area contributed by atoms with Crippen LogP contribution >= 0.6 is 11.6 Å². The van der Waals surface area contributed by atoms with E-state index in [0.717, 1.165) is 11.6 Å². The van der Waals surface area contributed by atoms with E-state index in [-0.39, 0.29) is 16.5 Å². The SMILES string of the molecule is Cc1ccccc1CS(=O)(=O)NCC(=O)Nc1ccc(F)c(Cl)c1. The van der Waals surface area contributed by atoms with Crippen LogP contribution in [0.2, 0.25) is 5.02 Å². The van der Waals surface area contributed by atoms with Crippen LogP contribution in [0.15, 0.2) is 42.5 Å². The lowest BCUT2D eigenvalue weighted by Gasteiger charge is -2.09. The Labute approximate surface area is 144 Å². The first kappa shape index (κ1) is 18.4. The van der Waals surface area contributed by atoms with Gasteiger partial charge < -0.3 is 5.32 Å². The highest BCUT2D eigenvalue weighted by molar-refractivity contribution is 7.88. The van der Waals surface area contributed by atoms with Crippen molar-refractivity contribution in [2.45, 2.75) is 12.7 Å². The van der Waals surface area contributed by atoms with Crippen molar-refractivity contribution in [1.29, 1.82) is 0 Å². The summed E-state index contributed by atoms with van der Waals surface area (Å²) in [5.41, 5.74) is 1.80. The largest absolute Gasteiger partial charge is 0.325 e. The average molecular weight is 371 g/mol. The van der Waals surface area contributed by atoms with Gasteiger partial charge in [0.2, 0.25) is 15.9 Å². The number of carbonyl (C=O) groups is 1. The van der Waals surface area contributed by atoms with Crippen LogP contribution in [0.1, 0.15) is 11.1 Å². The fourth-order valence-corrected chi connectivity index (χ4v) is 3.35. The summed E-state index contributed by atoms with van der Waals surface area (Å²) in [5.74, 6) is -1.39. The Bertz CT molecular complexity index is 856. The number of hydrogen-bond acceptors (Lipinski definition) is 3. The smallest absolute Gasteiger partial charge is 0.239 e. The van der Waals surface area contributed by atoms with Crippen molar-refractivity contribution in [1.82, 2.24) is 4.72 Å². The van der Waals surface area contributed by atoms with Gasteiger partial charge >= 0.3 is 0 Å². The topological polar surface area (TPSA) is 75.3 Å². The Hall–Kier alpha value is -1.96. The summed E-state index contributed by atoms with van der Waals surface area (Å²) >= 11 is 5.61. The second-order valence-electron chi connectivity index (χ2n) is 5.18. The van der Waals surface area contributed by atoms with Gasteiger partial charge in [-0.15, -0.1) is 0 Å². The molecule has 0 aliphatic rings. The van der Waals surface area contributed by atoms with Crippen LogP contribution in [-0.2, 0) is 20.6 Å². The Balaban J connectivity index is 1.92. The van der Waals surface area contributed by atoms with E-state index in [2.05, 4.69) is 10.0 Å². The normalized spacial score (nSPS) is 11.3. The molecule has 2 aromatic rings. The Morgan fingerprint density at radius 2 is 1.92 bits per heavy atom. The van der Waals surface area contributed by atoms with Gasteiger partial charge in [-0.1, -0.05) is 35.9 Å². The van der Waals surface area contributed by atoms with Crippen molar-refractivity contribution in [3.63, 3.8) is 0 Å². The average Bonchev–Trinajstić information content (AvgIpc) is 2.51. The maximum atomic E-state index is 13.0. The van der Waals surface area contributed by atoms with E-state index < -0.39 is 28.3 Å². The number of rotatable bonds is 6. The molecule has 0 saturated heterocycles. The van der Waals surface area contributed by atoms with Crippen molar-refractivity contribution in [2.75, 3.05) is 11.9 Å². The van der Waals surface area contributed by atoms with Crippen molar-refractivity contribution in [3.8, 4) is 0 Å². The van der Waals surface area contributed by atoms with Crippen LogP contribution < -0.4 is 10.0 Å². The molecule has 2 rings (SSSR count). The Morgan fingerprint density at radius 1 is 1.21 bits per heavy atom. The van der Waals surface area contributed by atoms with Crippen molar-refractivity contribution in [3.05, 3.63) is 64.4 Å². The molecule has 0 aromatic heterocycles. The summed E-state index contributed by atoms with van der Waals surface area (Å²) < 4.78 is 39.4. The van der Waals surface area contributed by atoms with E-state index in [4.69, 9.17) is 11.6 Å². The standard InChI is InChI=1S/C16H16ClFN2O3S/c1-11-4-2-3-5-12(11)10-24(22,23)19-9-16(21)20-13-6-7-15(18)14(17)8-13/h2-8,19H,9-10H2,1H3,(H,20,21). The molecule has 0 atom stereocenters. The molecule has 0 spiro atoms. The van der Waals surface area contributed by atoms with Gasteiger partial charge in [0, 0.05) is 5.69 Å². The monoisotopic (exact) mass is 370 g/mol. The number of aryl methyl sites for hydroxylation is 1. The molecule has 1 amide bonds. The van der Waals surface area contributed by atoms with E-state index in [1.807, 2.05) is 19.1 Å². The Morgan fingerprint density at radius 3 is 2.58 bits per heavy atom. The van der Waals surface area contributed by atoms with Gasteiger partial charge in [0.05, 0.1) is 17.3 Å². The minimum atomic E-state index is -3.66. The number of halogens is 2. The molecule has 0 aliphatic heterocycles. The zero-order chi connectivity index (χ0) is 17.7. The van der Waals surface area contributed by atoms with E-state index in [1.165, 1.54) is 12.1 Å². The first-order chi connectivity index (χ1) is 11.3. The highest BCUT2D eigenvalue weighted by atomic mass is 35.5. The maximum absolute atomic E-state index is 13.0.